The number of hydrogen-bond donors (Lipinski definition) is 0. The number of halogens is 1. The predicted octanol–water partition coefficient (Wildman–Crippen LogP) is 3.23. The normalized spacial score (nSPS) is 23.5. The van der Waals surface area contributed by atoms with E-state index in [4.69, 9.17) is 16.4 Å². The molecule has 116 valence electrons. The fourth-order valence-corrected chi connectivity index (χ4v) is 3.66. The zero-order valence-corrected chi connectivity index (χ0v) is 13.4. The molecule has 0 aliphatic carbocycles. The number of carbonyl (C=O) groups is 2. The Hall–Kier alpha value is -2.18. The van der Waals surface area contributed by atoms with Gasteiger partial charge in [-0.15, -0.1) is 11.3 Å². The molecule has 4 rings (SSSR count). The lowest BCUT2D eigenvalue weighted by molar-refractivity contribution is -0.136. The van der Waals surface area contributed by atoms with E-state index in [0.29, 0.717) is 22.8 Å². The Kier molecular flexibility index (Phi) is 3.25. The number of anilines is 1. The van der Waals surface area contributed by atoms with Crippen molar-refractivity contribution in [2.75, 3.05) is 4.90 Å². The first kappa shape index (κ1) is 14.4. The van der Waals surface area contributed by atoms with E-state index < -0.39 is 5.60 Å². The minimum absolute atomic E-state index is 0.00711. The lowest BCUT2D eigenvalue weighted by atomic mass is 9.95. The van der Waals surface area contributed by atoms with Gasteiger partial charge in [0.15, 0.2) is 0 Å². The molecule has 0 N–H and O–H groups in total. The second-order valence-electron chi connectivity index (χ2n) is 5.47. The van der Waals surface area contributed by atoms with Crippen LogP contribution in [0.2, 0.25) is 5.02 Å². The Morgan fingerprint density at radius 2 is 1.96 bits per heavy atom. The Labute approximate surface area is 141 Å². The molecule has 1 fully saturated rings. The summed E-state index contributed by atoms with van der Waals surface area (Å²) < 4.78 is 0. The van der Waals surface area contributed by atoms with Crippen molar-refractivity contribution in [1.82, 2.24) is 0 Å². The molecule has 1 spiro atoms. The Morgan fingerprint density at radius 3 is 2.65 bits per heavy atom. The molecule has 2 amide bonds. The third-order valence-corrected chi connectivity index (χ3v) is 5.12. The number of rotatable bonds is 2. The first-order chi connectivity index (χ1) is 11.1. The van der Waals surface area contributed by atoms with E-state index in [-0.39, 0.29) is 18.2 Å². The minimum Gasteiger partial charge on any atom is -0.378 e. The molecule has 0 bridgehead atoms. The van der Waals surface area contributed by atoms with E-state index in [1.54, 1.807) is 24.3 Å². The molecule has 2 aliphatic rings. The van der Waals surface area contributed by atoms with Gasteiger partial charge in [-0.1, -0.05) is 22.8 Å². The van der Waals surface area contributed by atoms with E-state index in [0.717, 1.165) is 9.78 Å². The molecule has 1 aromatic heterocycles. The molecule has 1 unspecified atom stereocenters. The first-order valence-electron chi connectivity index (χ1n) is 7.01. The predicted molar refractivity (Wildman–Crippen MR) is 87.9 cm³/mol. The smallest absolute Gasteiger partial charge is 0.281 e. The zero-order chi connectivity index (χ0) is 16.0. The van der Waals surface area contributed by atoms with Gasteiger partial charge in [0, 0.05) is 11.4 Å². The van der Waals surface area contributed by atoms with Crippen molar-refractivity contribution in [3.05, 3.63) is 51.7 Å². The number of amides is 2. The van der Waals surface area contributed by atoms with Crippen molar-refractivity contribution in [3.63, 3.8) is 0 Å². The van der Waals surface area contributed by atoms with Gasteiger partial charge < -0.3 is 4.84 Å². The van der Waals surface area contributed by atoms with Crippen LogP contribution >= 0.6 is 22.9 Å². The molecule has 0 saturated carbocycles. The van der Waals surface area contributed by atoms with Gasteiger partial charge >= 0.3 is 0 Å². The highest BCUT2D eigenvalue weighted by atomic mass is 35.5. The standard InChI is InChI=1S/C16H11ClN2O3S/c17-10-3-5-11(6-4-10)19-14(20)9-16(15(19)21)8-12(18-22-16)13-2-1-7-23-13/h1-7H,8-9H2. The van der Waals surface area contributed by atoms with Crippen LogP contribution in [0.3, 0.4) is 0 Å². The van der Waals surface area contributed by atoms with Gasteiger partial charge in [-0.2, -0.15) is 0 Å². The number of benzene rings is 1. The van der Waals surface area contributed by atoms with E-state index in [2.05, 4.69) is 5.16 Å². The van der Waals surface area contributed by atoms with Crippen molar-refractivity contribution in [1.29, 1.82) is 0 Å². The zero-order valence-electron chi connectivity index (χ0n) is 11.9. The van der Waals surface area contributed by atoms with Crippen LogP contribution in [0.4, 0.5) is 5.69 Å². The summed E-state index contributed by atoms with van der Waals surface area (Å²) in [5, 5.41) is 6.53. The highest BCUT2D eigenvalue weighted by Crippen LogP contribution is 2.39. The first-order valence-corrected chi connectivity index (χ1v) is 8.27. The summed E-state index contributed by atoms with van der Waals surface area (Å²) in [6.45, 7) is 0. The second kappa shape index (κ2) is 5.18. The average Bonchev–Trinajstić information content (AvgIpc) is 3.23. The molecule has 1 aromatic carbocycles. The topological polar surface area (TPSA) is 59.0 Å². The molecule has 7 heteroatoms. The second-order valence-corrected chi connectivity index (χ2v) is 6.85. The van der Waals surface area contributed by atoms with Gasteiger partial charge in [0.25, 0.3) is 5.91 Å². The van der Waals surface area contributed by atoms with Crippen molar-refractivity contribution in [2.24, 2.45) is 5.16 Å². The average molecular weight is 347 g/mol. The number of imide groups is 1. The third-order valence-electron chi connectivity index (χ3n) is 3.95. The Morgan fingerprint density at radius 1 is 1.17 bits per heavy atom. The molecule has 2 aliphatic heterocycles. The van der Waals surface area contributed by atoms with Gasteiger partial charge in [-0.3, -0.25) is 9.59 Å². The Bertz CT molecular complexity index is 816. The lowest BCUT2D eigenvalue weighted by Gasteiger charge is -2.19. The van der Waals surface area contributed by atoms with Crippen LogP contribution in [0.25, 0.3) is 0 Å². The van der Waals surface area contributed by atoms with Gasteiger partial charge in [-0.25, -0.2) is 4.90 Å². The van der Waals surface area contributed by atoms with Gasteiger partial charge in [-0.05, 0) is 35.7 Å². The summed E-state index contributed by atoms with van der Waals surface area (Å²) in [6.07, 6.45) is 0.301. The quantitative estimate of drug-likeness (QED) is 0.784. The summed E-state index contributed by atoms with van der Waals surface area (Å²) >= 11 is 7.39. The number of nitrogens with zero attached hydrogens (tertiary/aromatic N) is 2. The summed E-state index contributed by atoms with van der Waals surface area (Å²) in [4.78, 5) is 32.7. The summed E-state index contributed by atoms with van der Waals surface area (Å²) in [5.41, 5.74) is -0.00989. The van der Waals surface area contributed by atoms with Crippen molar-refractivity contribution in [2.45, 2.75) is 18.4 Å². The van der Waals surface area contributed by atoms with E-state index in [1.165, 1.54) is 11.3 Å². The highest BCUT2D eigenvalue weighted by Gasteiger charge is 2.58. The number of thiophene rings is 1. The SMILES string of the molecule is O=C1CC2(CC(c3cccs3)=NO2)C(=O)N1c1ccc(Cl)cc1. The monoisotopic (exact) mass is 346 g/mol. The third kappa shape index (κ3) is 2.26. The molecule has 23 heavy (non-hydrogen) atoms. The minimum atomic E-state index is -1.21. The molecular weight excluding hydrogens is 336 g/mol. The summed E-state index contributed by atoms with van der Waals surface area (Å²) in [5.74, 6) is -0.667. The van der Waals surface area contributed by atoms with Crippen LogP contribution in [0.1, 0.15) is 17.7 Å². The van der Waals surface area contributed by atoms with Crippen LogP contribution in [0.5, 0.6) is 0 Å². The fourth-order valence-electron chi connectivity index (χ4n) is 2.83. The van der Waals surface area contributed by atoms with Crippen LogP contribution in [0.15, 0.2) is 46.9 Å². The van der Waals surface area contributed by atoms with Crippen LogP contribution in [-0.4, -0.2) is 23.1 Å². The number of carbonyl (C=O) groups excluding carboxylic acids is 2. The van der Waals surface area contributed by atoms with Crippen LogP contribution in [-0.2, 0) is 14.4 Å². The van der Waals surface area contributed by atoms with Gasteiger partial charge in [0.05, 0.1) is 17.0 Å². The summed E-state index contributed by atoms with van der Waals surface area (Å²) in [6, 6.07) is 10.4. The van der Waals surface area contributed by atoms with Crippen molar-refractivity contribution in [3.8, 4) is 0 Å². The van der Waals surface area contributed by atoms with Crippen molar-refractivity contribution >= 4 is 46.2 Å². The maximum Gasteiger partial charge on any atom is 0.281 e. The van der Waals surface area contributed by atoms with E-state index in [9.17, 15) is 9.59 Å². The molecule has 1 saturated heterocycles. The molecule has 1 atom stereocenters. The highest BCUT2D eigenvalue weighted by molar-refractivity contribution is 7.12. The Balaban J connectivity index is 1.62. The molecule has 3 heterocycles. The molecule has 2 aromatic rings. The van der Waals surface area contributed by atoms with Crippen molar-refractivity contribution < 1.29 is 14.4 Å². The molecule has 0 radical (unpaired) electrons. The molecule has 5 nitrogen and oxygen atoms in total. The fraction of sp³-hybridized carbons (Fsp3) is 0.188. The van der Waals surface area contributed by atoms with Gasteiger partial charge in [0.2, 0.25) is 11.5 Å². The number of oxime groups is 1. The molecular formula is C16H11ClN2O3S. The van der Waals surface area contributed by atoms with E-state index >= 15 is 0 Å². The van der Waals surface area contributed by atoms with E-state index in [1.807, 2.05) is 17.5 Å². The largest absolute Gasteiger partial charge is 0.378 e. The maximum absolute atomic E-state index is 12.8. The van der Waals surface area contributed by atoms with Crippen LogP contribution < -0.4 is 4.90 Å². The lowest BCUT2D eigenvalue weighted by Crippen LogP contribution is -2.40. The number of hydrogen-bond acceptors (Lipinski definition) is 5. The maximum atomic E-state index is 12.8. The summed E-state index contributed by atoms with van der Waals surface area (Å²) in [7, 11) is 0. The van der Waals surface area contributed by atoms with Gasteiger partial charge in [0.1, 0.15) is 5.71 Å². The van der Waals surface area contributed by atoms with Crippen LogP contribution in [0, 0.1) is 0 Å².